The van der Waals surface area contributed by atoms with E-state index in [1.54, 1.807) is 22.8 Å². The lowest BCUT2D eigenvalue weighted by molar-refractivity contribution is 0.116. The SMILES string of the molecule is COC[C@@H]1CCCN(S(=O)(=O)N2CCc3ccc(OC)cc3CC2)C1. The Morgan fingerprint density at radius 1 is 1.08 bits per heavy atom. The third-order valence-electron chi connectivity index (χ3n) is 5.21. The number of hydrogen-bond acceptors (Lipinski definition) is 4. The minimum Gasteiger partial charge on any atom is -0.497 e. The first-order chi connectivity index (χ1) is 12.0. The highest BCUT2D eigenvalue weighted by atomic mass is 32.2. The van der Waals surface area contributed by atoms with Gasteiger partial charge in [-0.15, -0.1) is 0 Å². The summed E-state index contributed by atoms with van der Waals surface area (Å²) in [6.45, 7) is 2.85. The highest BCUT2D eigenvalue weighted by Crippen LogP contribution is 2.25. The van der Waals surface area contributed by atoms with Gasteiger partial charge in [0.1, 0.15) is 5.75 Å². The molecule has 0 radical (unpaired) electrons. The summed E-state index contributed by atoms with van der Waals surface area (Å²) >= 11 is 0. The van der Waals surface area contributed by atoms with E-state index in [9.17, 15) is 8.42 Å². The van der Waals surface area contributed by atoms with Gasteiger partial charge in [0.15, 0.2) is 0 Å². The number of hydrogen-bond donors (Lipinski definition) is 0. The van der Waals surface area contributed by atoms with Crippen LogP contribution >= 0.6 is 0 Å². The fourth-order valence-corrected chi connectivity index (χ4v) is 5.54. The van der Waals surface area contributed by atoms with Crippen molar-refractivity contribution in [1.82, 2.24) is 8.61 Å². The number of benzene rings is 1. The molecule has 1 atom stereocenters. The molecule has 0 N–H and O–H groups in total. The van der Waals surface area contributed by atoms with E-state index in [1.165, 1.54) is 11.1 Å². The highest BCUT2D eigenvalue weighted by molar-refractivity contribution is 7.86. The van der Waals surface area contributed by atoms with Crippen LogP contribution in [0.2, 0.25) is 0 Å². The van der Waals surface area contributed by atoms with E-state index in [0.29, 0.717) is 38.7 Å². The first kappa shape index (κ1) is 18.6. The molecule has 0 bridgehead atoms. The lowest BCUT2D eigenvalue weighted by Gasteiger charge is -2.35. The zero-order valence-corrected chi connectivity index (χ0v) is 15.9. The summed E-state index contributed by atoms with van der Waals surface area (Å²) in [7, 11) is -0.0841. The smallest absolute Gasteiger partial charge is 0.282 e. The average Bonchev–Trinajstić information content (AvgIpc) is 2.84. The van der Waals surface area contributed by atoms with E-state index in [2.05, 4.69) is 6.07 Å². The maximum absolute atomic E-state index is 13.1. The summed E-state index contributed by atoms with van der Waals surface area (Å²) in [6, 6.07) is 6.03. The Morgan fingerprint density at radius 3 is 2.56 bits per heavy atom. The molecule has 0 amide bonds. The van der Waals surface area contributed by atoms with Gasteiger partial charge in [-0.1, -0.05) is 6.07 Å². The summed E-state index contributed by atoms with van der Waals surface area (Å²) in [5, 5.41) is 0. The van der Waals surface area contributed by atoms with E-state index < -0.39 is 10.2 Å². The van der Waals surface area contributed by atoms with Gasteiger partial charge >= 0.3 is 0 Å². The molecule has 0 unspecified atom stereocenters. The molecule has 25 heavy (non-hydrogen) atoms. The fourth-order valence-electron chi connectivity index (χ4n) is 3.81. The molecule has 0 saturated carbocycles. The van der Waals surface area contributed by atoms with Gasteiger partial charge < -0.3 is 9.47 Å². The van der Waals surface area contributed by atoms with Crippen LogP contribution in [0.25, 0.3) is 0 Å². The molecule has 1 fully saturated rings. The van der Waals surface area contributed by atoms with E-state index in [-0.39, 0.29) is 0 Å². The molecule has 0 spiro atoms. The van der Waals surface area contributed by atoms with Crippen molar-refractivity contribution in [3.63, 3.8) is 0 Å². The molecule has 2 aliphatic heterocycles. The fraction of sp³-hybridized carbons (Fsp3) is 0.667. The molecule has 1 saturated heterocycles. The topological polar surface area (TPSA) is 59.1 Å². The van der Waals surface area contributed by atoms with Crippen LogP contribution in [0.15, 0.2) is 18.2 Å². The third kappa shape index (κ3) is 4.16. The van der Waals surface area contributed by atoms with Gasteiger partial charge in [0.25, 0.3) is 10.2 Å². The molecule has 0 aromatic heterocycles. The zero-order valence-electron chi connectivity index (χ0n) is 15.1. The summed E-state index contributed by atoms with van der Waals surface area (Å²) in [6.07, 6.45) is 3.40. The molecular weight excluding hydrogens is 340 g/mol. The zero-order chi connectivity index (χ0) is 17.9. The van der Waals surface area contributed by atoms with Crippen molar-refractivity contribution < 1.29 is 17.9 Å². The minimum atomic E-state index is -3.41. The Morgan fingerprint density at radius 2 is 1.84 bits per heavy atom. The Kier molecular flexibility index (Phi) is 5.99. The molecule has 1 aromatic rings. The Labute approximate surface area is 150 Å². The number of piperidine rings is 1. The summed E-state index contributed by atoms with van der Waals surface area (Å²) in [4.78, 5) is 0. The van der Waals surface area contributed by atoms with Gasteiger partial charge in [0, 0.05) is 33.3 Å². The molecule has 3 rings (SSSR count). The van der Waals surface area contributed by atoms with Crippen molar-refractivity contribution in [3.8, 4) is 5.75 Å². The number of fused-ring (bicyclic) bond motifs is 1. The van der Waals surface area contributed by atoms with Crippen molar-refractivity contribution in [3.05, 3.63) is 29.3 Å². The van der Waals surface area contributed by atoms with Crippen LogP contribution in [0.4, 0.5) is 0 Å². The maximum Gasteiger partial charge on any atom is 0.282 e. The molecule has 0 aliphatic carbocycles. The number of rotatable bonds is 5. The Bertz CT molecular complexity index is 690. The van der Waals surface area contributed by atoms with Gasteiger partial charge in [0.2, 0.25) is 0 Å². The quantitative estimate of drug-likeness (QED) is 0.794. The lowest BCUT2D eigenvalue weighted by atomic mass is 10.0. The number of nitrogens with zero attached hydrogens (tertiary/aromatic N) is 2. The predicted molar refractivity (Wildman–Crippen MR) is 97.1 cm³/mol. The van der Waals surface area contributed by atoms with Gasteiger partial charge in [-0.25, -0.2) is 0 Å². The largest absolute Gasteiger partial charge is 0.497 e. The molecule has 2 aliphatic rings. The highest BCUT2D eigenvalue weighted by Gasteiger charge is 2.34. The second-order valence-corrected chi connectivity index (χ2v) is 8.79. The third-order valence-corrected chi connectivity index (χ3v) is 7.21. The molecule has 7 heteroatoms. The first-order valence-corrected chi connectivity index (χ1v) is 10.3. The van der Waals surface area contributed by atoms with Crippen molar-refractivity contribution in [2.45, 2.75) is 25.7 Å². The molecule has 140 valence electrons. The summed E-state index contributed by atoms with van der Waals surface area (Å²) in [5.41, 5.74) is 2.40. The minimum absolute atomic E-state index is 0.293. The summed E-state index contributed by atoms with van der Waals surface area (Å²) < 4.78 is 40.0. The molecule has 2 heterocycles. The normalized spacial score (nSPS) is 23.0. The second kappa shape index (κ2) is 8.03. The van der Waals surface area contributed by atoms with Crippen LogP contribution in [0.1, 0.15) is 24.0 Å². The first-order valence-electron chi connectivity index (χ1n) is 8.94. The van der Waals surface area contributed by atoms with Crippen LogP contribution in [-0.2, 0) is 27.8 Å². The van der Waals surface area contributed by atoms with E-state index in [4.69, 9.17) is 9.47 Å². The van der Waals surface area contributed by atoms with Crippen molar-refractivity contribution in [2.75, 3.05) is 47.0 Å². The van der Waals surface area contributed by atoms with Gasteiger partial charge in [-0.2, -0.15) is 17.0 Å². The Hall–Kier alpha value is -1.15. The van der Waals surface area contributed by atoms with E-state index >= 15 is 0 Å². The predicted octanol–water partition coefficient (Wildman–Crippen LogP) is 1.70. The number of ether oxygens (including phenoxy) is 2. The lowest BCUT2D eigenvalue weighted by Crippen LogP contribution is -2.49. The monoisotopic (exact) mass is 368 g/mol. The molecular formula is C18H28N2O4S. The van der Waals surface area contributed by atoms with Gasteiger partial charge in [-0.05, 0) is 54.9 Å². The van der Waals surface area contributed by atoms with Crippen molar-refractivity contribution in [1.29, 1.82) is 0 Å². The van der Waals surface area contributed by atoms with Crippen LogP contribution in [0.5, 0.6) is 5.75 Å². The maximum atomic E-state index is 13.1. The van der Waals surface area contributed by atoms with Crippen LogP contribution in [-0.4, -0.2) is 64.0 Å². The Balaban J connectivity index is 1.71. The van der Waals surface area contributed by atoms with Crippen LogP contribution in [0.3, 0.4) is 0 Å². The van der Waals surface area contributed by atoms with E-state index in [0.717, 1.165) is 31.4 Å². The second-order valence-electron chi connectivity index (χ2n) is 6.86. The van der Waals surface area contributed by atoms with Gasteiger partial charge in [-0.3, -0.25) is 0 Å². The summed E-state index contributed by atoms with van der Waals surface area (Å²) in [5.74, 6) is 1.12. The van der Waals surface area contributed by atoms with Gasteiger partial charge in [0.05, 0.1) is 13.7 Å². The van der Waals surface area contributed by atoms with Crippen molar-refractivity contribution >= 4 is 10.2 Å². The molecule has 1 aromatic carbocycles. The average molecular weight is 368 g/mol. The molecule has 6 nitrogen and oxygen atoms in total. The van der Waals surface area contributed by atoms with Crippen molar-refractivity contribution in [2.24, 2.45) is 5.92 Å². The van der Waals surface area contributed by atoms with Crippen LogP contribution in [0, 0.1) is 5.92 Å². The van der Waals surface area contributed by atoms with Crippen LogP contribution < -0.4 is 4.74 Å². The van der Waals surface area contributed by atoms with E-state index in [1.807, 2.05) is 12.1 Å². The standard InChI is InChI=1S/C18H28N2O4S/c1-23-14-15-4-3-9-20(13-15)25(21,22)19-10-7-16-5-6-18(24-2)12-17(16)8-11-19/h5-6,12,15H,3-4,7-11,13-14H2,1-2H3/t15-/m1/s1. The number of methoxy groups -OCH3 is 2.